The van der Waals surface area contributed by atoms with E-state index >= 15 is 0 Å². The van der Waals surface area contributed by atoms with Gasteiger partial charge < -0.3 is 10.2 Å². The molecule has 1 aliphatic rings. The second kappa shape index (κ2) is 3.89. The number of phenols is 1. The van der Waals surface area contributed by atoms with Gasteiger partial charge in [-0.05, 0) is 18.6 Å². The summed E-state index contributed by atoms with van der Waals surface area (Å²) in [5.74, 6) is 0.144. The Bertz CT molecular complexity index is 412. The molecule has 15 heavy (non-hydrogen) atoms. The molecular formula is C11H12N2O2. The van der Waals surface area contributed by atoms with Gasteiger partial charge in [-0.2, -0.15) is 5.26 Å². The molecule has 1 aromatic rings. The summed E-state index contributed by atoms with van der Waals surface area (Å²) in [6.07, 6.45) is -0.00662. The molecule has 2 rings (SSSR count). The van der Waals surface area contributed by atoms with Crippen LogP contribution in [0.15, 0.2) is 18.2 Å². The van der Waals surface area contributed by atoms with E-state index in [1.165, 1.54) is 0 Å². The van der Waals surface area contributed by atoms with Gasteiger partial charge in [-0.15, -0.1) is 0 Å². The van der Waals surface area contributed by atoms with Crippen molar-refractivity contribution in [1.82, 2.24) is 5.32 Å². The molecular weight excluding hydrogens is 192 g/mol. The lowest BCUT2D eigenvalue weighted by Crippen LogP contribution is -2.19. The zero-order chi connectivity index (χ0) is 10.8. The molecule has 4 heteroatoms. The summed E-state index contributed by atoms with van der Waals surface area (Å²) in [5, 5.41) is 30.9. The van der Waals surface area contributed by atoms with Gasteiger partial charge in [0, 0.05) is 18.0 Å². The van der Waals surface area contributed by atoms with Gasteiger partial charge in [-0.3, -0.25) is 5.32 Å². The van der Waals surface area contributed by atoms with E-state index in [0.29, 0.717) is 24.1 Å². The molecule has 0 aromatic heterocycles. The number of nitriles is 1. The normalized spacial score (nSPS) is 25.1. The standard InChI is InChI=1S/C11H12N2O2/c12-5-7-2-1-3-9(14)11(7)8-4-10(15)13-6-8/h1-3,8,10,13-15H,4,6H2. The molecule has 4 nitrogen and oxygen atoms in total. The topological polar surface area (TPSA) is 76.3 Å². The molecule has 0 amide bonds. The van der Waals surface area contributed by atoms with E-state index in [1.807, 2.05) is 0 Å². The van der Waals surface area contributed by atoms with Gasteiger partial charge in [0.05, 0.1) is 11.6 Å². The first kappa shape index (κ1) is 9.97. The lowest BCUT2D eigenvalue weighted by molar-refractivity contribution is 0.159. The molecule has 0 aliphatic carbocycles. The van der Waals surface area contributed by atoms with E-state index in [-0.39, 0.29) is 11.7 Å². The number of rotatable bonds is 1. The molecule has 0 radical (unpaired) electrons. The van der Waals surface area contributed by atoms with E-state index in [1.54, 1.807) is 18.2 Å². The van der Waals surface area contributed by atoms with Crippen molar-refractivity contribution in [2.24, 2.45) is 0 Å². The smallest absolute Gasteiger partial charge is 0.120 e. The van der Waals surface area contributed by atoms with Gasteiger partial charge in [0.15, 0.2) is 0 Å². The molecule has 0 saturated carbocycles. The van der Waals surface area contributed by atoms with Crippen LogP contribution in [0.1, 0.15) is 23.5 Å². The second-order valence-electron chi connectivity index (χ2n) is 3.71. The molecule has 1 aromatic carbocycles. The van der Waals surface area contributed by atoms with E-state index in [0.717, 1.165) is 0 Å². The van der Waals surface area contributed by atoms with E-state index < -0.39 is 6.23 Å². The fraction of sp³-hybridized carbons (Fsp3) is 0.364. The predicted octanol–water partition coefficient (Wildman–Crippen LogP) is 0.659. The third kappa shape index (κ3) is 1.80. The van der Waals surface area contributed by atoms with Crippen LogP contribution in [0, 0.1) is 11.3 Å². The first-order valence-corrected chi connectivity index (χ1v) is 4.86. The Balaban J connectivity index is 2.39. The Morgan fingerprint density at radius 3 is 2.87 bits per heavy atom. The minimum atomic E-state index is -0.541. The molecule has 1 heterocycles. The third-order valence-corrected chi connectivity index (χ3v) is 2.72. The van der Waals surface area contributed by atoms with Crippen LogP contribution in [-0.4, -0.2) is 23.0 Å². The Hall–Kier alpha value is -1.57. The zero-order valence-corrected chi connectivity index (χ0v) is 8.14. The molecule has 2 unspecified atom stereocenters. The number of aromatic hydroxyl groups is 1. The van der Waals surface area contributed by atoms with Crippen molar-refractivity contribution in [2.75, 3.05) is 6.54 Å². The Kier molecular flexibility index (Phi) is 2.58. The van der Waals surface area contributed by atoms with Crippen LogP contribution in [0.2, 0.25) is 0 Å². The average Bonchev–Trinajstić information content (AvgIpc) is 2.64. The van der Waals surface area contributed by atoms with Gasteiger partial charge in [0.25, 0.3) is 0 Å². The first-order valence-electron chi connectivity index (χ1n) is 4.86. The molecule has 78 valence electrons. The minimum absolute atomic E-state index is 0.0100. The fourth-order valence-electron chi connectivity index (χ4n) is 2.01. The van der Waals surface area contributed by atoms with Crippen molar-refractivity contribution in [1.29, 1.82) is 5.26 Å². The van der Waals surface area contributed by atoms with Crippen molar-refractivity contribution in [2.45, 2.75) is 18.6 Å². The largest absolute Gasteiger partial charge is 0.508 e. The van der Waals surface area contributed by atoms with Crippen LogP contribution in [0.3, 0.4) is 0 Å². The molecule has 1 fully saturated rings. The van der Waals surface area contributed by atoms with Crippen molar-refractivity contribution >= 4 is 0 Å². The van der Waals surface area contributed by atoms with Crippen LogP contribution < -0.4 is 5.32 Å². The maximum atomic E-state index is 9.71. The lowest BCUT2D eigenvalue weighted by atomic mass is 9.93. The fourth-order valence-corrected chi connectivity index (χ4v) is 2.01. The van der Waals surface area contributed by atoms with Gasteiger partial charge in [-0.1, -0.05) is 6.07 Å². The summed E-state index contributed by atoms with van der Waals surface area (Å²) >= 11 is 0. The van der Waals surface area contributed by atoms with Crippen LogP contribution >= 0.6 is 0 Å². The zero-order valence-electron chi connectivity index (χ0n) is 8.14. The Morgan fingerprint density at radius 2 is 2.27 bits per heavy atom. The quantitative estimate of drug-likeness (QED) is 0.628. The third-order valence-electron chi connectivity index (χ3n) is 2.72. The number of nitrogens with one attached hydrogen (secondary N) is 1. The van der Waals surface area contributed by atoms with Gasteiger partial charge in [-0.25, -0.2) is 0 Å². The molecule has 3 N–H and O–H groups in total. The second-order valence-corrected chi connectivity index (χ2v) is 3.71. The van der Waals surface area contributed by atoms with Gasteiger partial charge in [0.1, 0.15) is 12.0 Å². The lowest BCUT2D eigenvalue weighted by Gasteiger charge is -2.12. The van der Waals surface area contributed by atoms with Crippen molar-refractivity contribution in [3.05, 3.63) is 29.3 Å². The van der Waals surface area contributed by atoms with Crippen LogP contribution in [-0.2, 0) is 0 Å². The van der Waals surface area contributed by atoms with Crippen LogP contribution in [0.4, 0.5) is 0 Å². The van der Waals surface area contributed by atoms with E-state index in [4.69, 9.17) is 5.26 Å². The molecule has 0 spiro atoms. The summed E-state index contributed by atoms with van der Waals surface area (Å²) in [7, 11) is 0. The van der Waals surface area contributed by atoms with Crippen molar-refractivity contribution < 1.29 is 10.2 Å². The molecule has 0 bridgehead atoms. The van der Waals surface area contributed by atoms with Crippen LogP contribution in [0.25, 0.3) is 0 Å². The maximum absolute atomic E-state index is 9.71. The highest BCUT2D eigenvalue weighted by Crippen LogP contribution is 2.33. The molecule has 2 atom stereocenters. The van der Waals surface area contributed by atoms with Gasteiger partial charge in [0.2, 0.25) is 0 Å². The van der Waals surface area contributed by atoms with Crippen molar-refractivity contribution in [3.63, 3.8) is 0 Å². The summed E-state index contributed by atoms with van der Waals surface area (Å²) in [4.78, 5) is 0. The molecule has 1 aliphatic heterocycles. The number of aliphatic hydroxyl groups is 1. The molecule has 1 saturated heterocycles. The Morgan fingerprint density at radius 1 is 1.47 bits per heavy atom. The predicted molar refractivity (Wildman–Crippen MR) is 54.2 cm³/mol. The SMILES string of the molecule is N#Cc1cccc(O)c1C1CNC(O)C1. The van der Waals surface area contributed by atoms with Crippen LogP contribution in [0.5, 0.6) is 5.75 Å². The number of hydrogen-bond donors (Lipinski definition) is 3. The summed E-state index contributed by atoms with van der Waals surface area (Å²) in [6, 6.07) is 6.96. The highest BCUT2D eigenvalue weighted by molar-refractivity contribution is 5.48. The maximum Gasteiger partial charge on any atom is 0.120 e. The Labute approximate surface area is 87.8 Å². The van der Waals surface area contributed by atoms with E-state index in [9.17, 15) is 10.2 Å². The number of benzene rings is 1. The minimum Gasteiger partial charge on any atom is -0.508 e. The summed E-state index contributed by atoms with van der Waals surface area (Å²) in [6.45, 7) is 0.591. The monoisotopic (exact) mass is 204 g/mol. The first-order chi connectivity index (χ1) is 7.22. The summed E-state index contributed by atoms with van der Waals surface area (Å²) in [5.41, 5.74) is 1.12. The van der Waals surface area contributed by atoms with E-state index in [2.05, 4.69) is 11.4 Å². The number of nitrogens with zero attached hydrogens (tertiary/aromatic N) is 1. The number of hydrogen-bond acceptors (Lipinski definition) is 4. The van der Waals surface area contributed by atoms with Crippen molar-refractivity contribution in [3.8, 4) is 11.8 Å². The highest BCUT2D eigenvalue weighted by atomic mass is 16.3. The number of aliphatic hydroxyl groups excluding tert-OH is 1. The van der Waals surface area contributed by atoms with Gasteiger partial charge >= 0.3 is 0 Å². The number of phenolic OH excluding ortho intramolecular Hbond substituents is 1. The average molecular weight is 204 g/mol. The summed E-state index contributed by atoms with van der Waals surface area (Å²) < 4.78 is 0. The highest BCUT2D eigenvalue weighted by Gasteiger charge is 2.27.